The topological polar surface area (TPSA) is 41.5 Å². The lowest BCUT2D eigenvalue weighted by molar-refractivity contribution is -0.0328. The standard InChI is InChI=1S/C11H9F3N2OS2/c12-11(13,14)19-8-3-1-7(2-4-8)9(17)16-10-15-5-6-18-10/h1-4H,5-6H2,(H,15,16,17). The van der Waals surface area contributed by atoms with Gasteiger partial charge in [0.15, 0.2) is 5.17 Å². The summed E-state index contributed by atoms with van der Waals surface area (Å²) in [7, 11) is 0. The Labute approximate surface area is 116 Å². The van der Waals surface area contributed by atoms with Gasteiger partial charge in [-0.2, -0.15) is 13.2 Å². The number of hydrogen-bond acceptors (Lipinski definition) is 4. The number of amides is 1. The molecule has 102 valence electrons. The number of thioether (sulfide) groups is 2. The van der Waals surface area contributed by atoms with E-state index in [1.165, 1.54) is 36.0 Å². The number of benzene rings is 1. The van der Waals surface area contributed by atoms with E-state index in [1.807, 2.05) is 0 Å². The first kappa shape index (κ1) is 14.3. The fraction of sp³-hybridized carbons (Fsp3) is 0.273. The zero-order chi connectivity index (χ0) is 13.9. The summed E-state index contributed by atoms with van der Waals surface area (Å²) >= 11 is 1.24. The summed E-state index contributed by atoms with van der Waals surface area (Å²) in [4.78, 5) is 15.9. The van der Waals surface area contributed by atoms with Crippen LogP contribution in [0.5, 0.6) is 0 Å². The monoisotopic (exact) mass is 306 g/mol. The molecule has 0 fully saturated rings. The molecule has 1 aromatic rings. The second kappa shape index (κ2) is 5.87. The number of halogens is 3. The van der Waals surface area contributed by atoms with E-state index in [1.54, 1.807) is 0 Å². The highest BCUT2D eigenvalue weighted by Gasteiger charge is 2.29. The molecule has 0 aliphatic carbocycles. The summed E-state index contributed by atoms with van der Waals surface area (Å²) < 4.78 is 36.4. The van der Waals surface area contributed by atoms with Crippen molar-refractivity contribution in [3.8, 4) is 0 Å². The SMILES string of the molecule is O=C(NC1=NCCS1)c1ccc(SC(F)(F)F)cc1. The summed E-state index contributed by atoms with van der Waals surface area (Å²) in [5.74, 6) is 0.466. The minimum absolute atomic E-state index is 0.0524. The Kier molecular flexibility index (Phi) is 4.41. The van der Waals surface area contributed by atoms with Crippen molar-refractivity contribution in [2.75, 3.05) is 12.3 Å². The van der Waals surface area contributed by atoms with Crippen LogP contribution in [0.4, 0.5) is 13.2 Å². The van der Waals surface area contributed by atoms with Gasteiger partial charge in [0.1, 0.15) is 0 Å². The number of carbonyl (C=O) groups excluding carboxylic acids is 1. The van der Waals surface area contributed by atoms with Crippen LogP contribution in [-0.4, -0.2) is 28.9 Å². The number of nitrogens with one attached hydrogen (secondary N) is 1. The van der Waals surface area contributed by atoms with E-state index in [-0.39, 0.29) is 22.6 Å². The molecule has 19 heavy (non-hydrogen) atoms. The van der Waals surface area contributed by atoms with E-state index >= 15 is 0 Å². The third-order valence-corrected chi connectivity index (χ3v) is 3.79. The number of rotatable bonds is 2. The van der Waals surface area contributed by atoms with Crippen molar-refractivity contribution in [2.24, 2.45) is 4.99 Å². The molecule has 3 nitrogen and oxygen atoms in total. The van der Waals surface area contributed by atoms with Crippen LogP contribution in [0, 0.1) is 0 Å². The van der Waals surface area contributed by atoms with Crippen LogP contribution < -0.4 is 5.32 Å². The molecule has 0 saturated carbocycles. The molecule has 1 aliphatic rings. The summed E-state index contributed by atoms with van der Waals surface area (Å²) in [6.07, 6.45) is 0. The molecule has 2 rings (SSSR count). The maximum absolute atomic E-state index is 12.1. The molecule has 1 heterocycles. The Morgan fingerprint density at radius 1 is 1.32 bits per heavy atom. The first-order valence-corrected chi connectivity index (χ1v) is 7.09. The van der Waals surface area contributed by atoms with Gasteiger partial charge in [0.2, 0.25) is 0 Å². The molecule has 0 bridgehead atoms. The van der Waals surface area contributed by atoms with Crippen LogP contribution in [0.3, 0.4) is 0 Å². The van der Waals surface area contributed by atoms with Gasteiger partial charge in [-0.3, -0.25) is 9.79 Å². The molecule has 0 spiro atoms. The lowest BCUT2D eigenvalue weighted by Crippen LogP contribution is -2.27. The van der Waals surface area contributed by atoms with Gasteiger partial charge >= 0.3 is 5.51 Å². The lowest BCUT2D eigenvalue weighted by Gasteiger charge is -2.07. The van der Waals surface area contributed by atoms with E-state index in [2.05, 4.69) is 10.3 Å². The summed E-state index contributed by atoms with van der Waals surface area (Å²) in [6, 6.07) is 5.28. The molecule has 1 amide bonds. The third-order valence-electron chi connectivity index (χ3n) is 2.16. The Morgan fingerprint density at radius 2 is 2.00 bits per heavy atom. The van der Waals surface area contributed by atoms with E-state index in [4.69, 9.17) is 0 Å². The molecule has 8 heteroatoms. The minimum atomic E-state index is -4.32. The van der Waals surface area contributed by atoms with E-state index in [0.29, 0.717) is 17.3 Å². The first-order valence-electron chi connectivity index (χ1n) is 5.28. The Hall–Kier alpha value is -1.15. The number of hydrogen-bond donors (Lipinski definition) is 1. The molecule has 1 N–H and O–H groups in total. The summed E-state index contributed by atoms with van der Waals surface area (Å²) in [5.41, 5.74) is -4.01. The highest BCUT2D eigenvalue weighted by atomic mass is 32.2. The van der Waals surface area contributed by atoms with Crippen molar-refractivity contribution in [2.45, 2.75) is 10.4 Å². The van der Waals surface area contributed by atoms with E-state index in [9.17, 15) is 18.0 Å². The van der Waals surface area contributed by atoms with Gasteiger partial charge in [-0.15, -0.1) is 0 Å². The highest BCUT2D eigenvalue weighted by Crippen LogP contribution is 2.36. The van der Waals surface area contributed by atoms with Gasteiger partial charge in [0.05, 0.1) is 6.54 Å². The van der Waals surface area contributed by atoms with Gasteiger partial charge in [-0.1, -0.05) is 11.8 Å². The maximum atomic E-state index is 12.1. The molecule has 0 atom stereocenters. The van der Waals surface area contributed by atoms with Crippen molar-refractivity contribution >= 4 is 34.6 Å². The predicted molar refractivity (Wildman–Crippen MR) is 70.6 cm³/mol. The Morgan fingerprint density at radius 3 is 2.53 bits per heavy atom. The van der Waals surface area contributed by atoms with Crippen LogP contribution in [0.15, 0.2) is 34.2 Å². The molecular weight excluding hydrogens is 297 g/mol. The van der Waals surface area contributed by atoms with Crippen LogP contribution >= 0.6 is 23.5 Å². The smallest absolute Gasteiger partial charge is 0.301 e. The van der Waals surface area contributed by atoms with Crippen molar-refractivity contribution in [1.82, 2.24) is 5.32 Å². The Balaban J connectivity index is 1.99. The van der Waals surface area contributed by atoms with E-state index in [0.717, 1.165) is 5.75 Å². The number of alkyl halides is 3. The molecule has 0 saturated heterocycles. The zero-order valence-corrected chi connectivity index (χ0v) is 11.2. The third kappa shape index (κ3) is 4.46. The maximum Gasteiger partial charge on any atom is 0.446 e. The number of amidine groups is 1. The zero-order valence-electron chi connectivity index (χ0n) is 9.53. The summed E-state index contributed by atoms with van der Waals surface area (Å²) in [5, 5.41) is 3.16. The fourth-order valence-electron chi connectivity index (χ4n) is 1.39. The van der Waals surface area contributed by atoms with Gasteiger partial charge in [-0.25, -0.2) is 0 Å². The van der Waals surface area contributed by atoms with Gasteiger partial charge in [0.25, 0.3) is 5.91 Å². The molecule has 0 unspecified atom stereocenters. The molecule has 1 aliphatic heterocycles. The van der Waals surface area contributed by atoms with Crippen molar-refractivity contribution in [3.63, 3.8) is 0 Å². The van der Waals surface area contributed by atoms with Crippen molar-refractivity contribution < 1.29 is 18.0 Å². The van der Waals surface area contributed by atoms with Crippen LogP contribution in [-0.2, 0) is 0 Å². The number of nitrogens with zero attached hydrogens (tertiary/aromatic N) is 1. The molecule has 1 aromatic carbocycles. The van der Waals surface area contributed by atoms with Crippen LogP contribution in [0.2, 0.25) is 0 Å². The largest absolute Gasteiger partial charge is 0.446 e. The minimum Gasteiger partial charge on any atom is -0.301 e. The number of carbonyl (C=O) groups is 1. The van der Waals surface area contributed by atoms with E-state index < -0.39 is 5.51 Å². The second-order valence-corrected chi connectivity index (χ2v) is 5.78. The highest BCUT2D eigenvalue weighted by molar-refractivity contribution is 8.14. The second-order valence-electron chi connectivity index (χ2n) is 3.56. The van der Waals surface area contributed by atoms with Gasteiger partial charge < -0.3 is 5.32 Å². The fourth-order valence-corrected chi connectivity index (χ4v) is 2.65. The quantitative estimate of drug-likeness (QED) is 0.854. The Bertz CT molecular complexity index is 500. The van der Waals surface area contributed by atoms with Crippen LogP contribution in [0.25, 0.3) is 0 Å². The van der Waals surface area contributed by atoms with Crippen molar-refractivity contribution in [1.29, 1.82) is 0 Å². The van der Waals surface area contributed by atoms with Gasteiger partial charge in [-0.05, 0) is 36.0 Å². The predicted octanol–water partition coefficient (Wildman–Crippen LogP) is 3.13. The molecular formula is C11H9F3N2OS2. The number of aliphatic imine (C=N–C) groups is 1. The average Bonchev–Trinajstić information content (AvgIpc) is 2.80. The van der Waals surface area contributed by atoms with Crippen LogP contribution in [0.1, 0.15) is 10.4 Å². The molecule has 0 radical (unpaired) electrons. The average molecular weight is 306 g/mol. The lowest BCUT2D eigenvalue weighted by atomic mass is 10.2. The summed E-state index contributed by atoms with van der Waals surface area (Å²) in [6.45, 7) is 0.668. The molecule has 0 aromatic heterocycles. The first-order chi connectivity index (χ1) is 8.94. The normalized spacial score (nSPS) is 15.2. The van der Waals surface area contributed by atoms with Gasteiger partial charge in [0, 0.05) is 16.2 Å². The van der Waals surface area contributed by atoms with Crippen molar-refractivity contribution in [3.05, 3.63) is 29.8 Å².